The molecule has 0 aliphatic rings. The van der Waals surface area contributed by atoms with E-state index in [2.05, 4.69) is 21.0 Å². The quantitative estimate of drug-likeness (QED) is 0.854. The van der Waals surface area contributed by atoms with E-state index in [-0.39, 0.29) is 4.99 Å². The Morgan fingerprint density at radius 1 is 1.45 bits per heavy atom. The molecule has 0 aliphatic carbocycles. The normalized spacial score (nSPS) is 10.4. The third-order valence-electron chi connectivity index (χ3n) is 2.76. The first-order valence-corrected chi connectivity index (χ1v) is 6.99. The molecule has 2 rings (SSSR count). The zero-order chi connectivity index (χ0) is 14.9. The second-order valence-electron chi connectivity index (χ2n) is 4.15. The number of aromatic nitrogens is 2. The maximum atomic E-state index is 5.88. The molecular formula is C13H14BrN3O2S. The molecule has 0 atom stereocenters. The highest BCUT2D eigenvalue weighted by Gasteiger charge is 2.18. The van der Waals surface area contributed by atoms with E-state index < -0.39 is 0 Å². The van der Waals surface area contributed by atoms with Crippen LogP contribution < -0.4 is 15.2 Å². The topological polar surface area (TPSA) is 62.3 Å². The van der Waals surface area contributed by atoms with Crippen LogP contribution >= 0.6 is 28.1 Å². The fourth-order valence-electron chi connectivity index (χ4n) is 1.83. The van der Waals surface area contributed by atoms with Gasteiger partial charge in [0.05, 0.1) is 22.8 Å². The van der Waals surface area contributed by atoms with Gasteiger partial charge in [-0.2, -0.15) is 5.10 Å². The molecule has 1 heterocycles. The summed E-state index contributed by atoms with van der Waals surface area (Å²) in [5.74, 6) is 1.88. The van der Waals surface area contributed by atoms with E-state index in [1.165, 1.54) is 0 Å². The molecule has 2 aromatic rings. The lowest BCUT2D eigenvalue weighted by molar-refractivity contribution is 0.407. The van der Waals surface area contributed by atoms with Gasteiger partial charge in [0.25, 0.3) is 0 Å². The fraction of sp³-hybridized carbons (Fsp3) is 0.231. The lowest BCUT2D eigenvalue weighted by Crippen LogP contribution is -2.11. The van der Waals surface area contributed by atoms with Crippen LogP contribution in [0.2, 0.25) is 0 Å². The first-order valence-electron chi connectivity index (χ1n) is 5.78. The molecule has 2 N–H and O–H groups in total. The van der Waals surface area contributed by atoms with Crippen LogP contribution in [0.3, 0.4) is 0 Å². The predicted octanol–water partition coefficient (Wildman–Crippen LogP) is 2.93. The third-order valence-corrected chi connectivity index (χ3v) is 3.59. The Kier molecular flexibility index (Phi) is 4.29. The van der Waals surface area contributed by atoms with Crippen molar-refractivity contribution in [1.82, 2.24) is 9.78 Å². The molecule has 0 aliphatic heterocycles. The molecule has 0 amide bonds. The largest absolute Gasteiger partial charge is 0.497 e. The van der Waals surface area contributed by atoms with E-state index in [4.69, 9.17) is 27.4 Å². The number of methoxy groups -OCH3 is 1. The lowest BCUT2D eigenvalue weighted by Gasteiger charge is -2.10. The van der Waals surface area contributed by atoms with Crippen LogP contribution in [-0.2, 0) is 7.05 Å². The van der Waals surface area contributed by atoms with E-state index in [1.807, 2.05) is 19.1 Å². The molecule has 0 bridgehead atoms. The molecular weight excluding hydrogens is 342 g/mol. The van der Waals surface area contributed by atoms with Gasteiger partial charge in [-0.25, -0.2) is 4.68 Å². The van der Waals surface area contributed by atoms with Gasteiger partial charge in [0, 0.05) is 7.05 Å². The number of aryl methyl sites for hydroxylation is 2. The summed E-state index contributed by atoms with van der Waals surface area (Å²) in [5.41, 5.74) is 7.11. The van der Waals surface area contributed by atoms with Crippen molar-refractivity contribution >= 4 is 33.1 Å². The summed E-state index contributed by atoms with van der Waals surface area (Å²) < 4.78 is 13.4. The van der Waals surface area contributed by atoms with Crippen molar-refractivity contribution in [1.29, 1.82) is 0 Å². The Morgan fingerprint density at radius 2 is 2.15 bits per heavy atom. The molecule has 106 valence electrons. The van der Waals surface area contributed by atoms with E-state index in [0.29, 0.717) is 17.2 Å². The molecule has 7 heteroatoms. The molecule has 0 saturated carbocycles. The van der Waals surface area contributed by atoms with Crippen molar-refractivity contribution in [3.63, 3.8) is 0 Å². The standard InChI is InChI=1S/C13H14BrN3O2S/c1-7-11(12(15)20)13(17(2)16-7)19-10-5-4-8(18-3)6-9(10)14/h4-6H,1-3H3,(H2,15,20). The molecule has 5 nitrogen and oxygen atoms in total. The molecule has 0 unspecified atom stereocenters. The highest BCUT2D eigenvalue weighted by molar-refractivity contribution is 9.10. The minimum absolute atomic E-state index is 0.259. The molecule has 0 radical (unpaired) electrons. The highest BCUT2D eigenvalue weighted by atomic mass is 79.9. The van der Waals surface area contributed by atoms with Gasteiger partial charge in [-0.1, -0.05) is 12.2 Å². The van der Waals surface area contributed by atoms with E-state index in [0.717, 1.165) is 15.9 Å². The molecule has 20 heavy (non-hydrogen) atoms. The average Bonchev–Trinajstić information content (AvgIpc) is 2.66. The van der Waals surface area contributed by atoms with Gasteiger partial charge in [-0.05, 0) is 41.1 Å². The van der Waals surface area contributed by atoms with Crippen molar-refractivity contribution in [2.75, 3.05) is 7.11 Å². The summed E-state index contributed by atoms with van der Waals surface area (Å²) in [7, 11) is 3.39. The smallest absolute Gasteiger partial charge is 0.228 e. The van der Waals surface area contributed by atoms with Gasteiger partial charge >= 0.3 is 0 Å². The minimum Gasteiger partial charge on any atom is -0.497 e. The second-order valence-corrected chi connectivity index (χ2v) is 5.45. The summed E-state index contributed by atoms with van der Waals surface area (Å²) in [6.45, 7) is 1.84. The van der Waals surface area contributed by atoms with E-state index in [1.54, 1.807) is 24.9 Å². The number of thiocarbonyl (C=S) groups is 1. The summed E-state index contributed by atoms with van der Waals surface area (Å²) in [6.07, 6.45) is 0. The number of ether oxygens (including phenoxy) is 2. The Bertz CT molecular complexity index is 670. The molecule has 1 aromatic heterocycles. The number of nitrogens with zero attached hydrogens (tertiary/aromatic N) is 2. The van der Waals surface area contributed by atoms with Crippen molar-refractivity contribution in [2.45, 2.75) is 6.92 Å². The van der Waals surface area contributed by atoms with Crippen LogP contribution in [0.1, 0.15) is 11.3 Å². The number of nitrogens with two attached hydrogens (primary N) is 1. The summed E-state index contributed by atoms with van der Waals surface area (Å²) in [4.78, 5) is 0.259. The van der Waals surface area contributed by atoms with Crippen molar-refractivity contribution < 1.29 is 9.47 Å². The Balaban J connectivity index is 2.42. The number of hydrogen-bond acceptors (Lipinski definition) is 4. The second kappa shape index (κ2) is 5.80. The third kappa shape index (κ3) is 2.78. The zero-order valence-corrected chi connectivity index (χ0v) is 13.7. The van der Waals surface area contributed by atoms with Crippen molar-refractivity contribution in [3.05, 3.63) is 33.9 Å². The van der Waals surface area contributed by atoms with Crippen molar-refractivity contribution in [2.24, 2.45) is 12.8 Å². The Morgan fingerprint density at radius 3 is 2.70 bits per heavy atom. The van der Waals surface area contributed by atoms with Gasteiger partial charge < -0.3 is 15.2 Å². The lowest BCUT2D eigenvalue weighted by atomic mass is 10.2. The predicted molar refractivity (Wildman–Crippen MR) is 84.6 cm³/mol. The van der Waals surface area contributed by atoms with Gasteiger partial charge in [-0.3, -0.25) is 0 Å². The zero-order valence-electron chi connectivity index (χ0n) is 11.3. The van der Waals surface area contributed by atoms with Crippen LogP contribution in [-0.4, -0.2) is 21.9 Å². The fourth-order valence-corrected chi connectivity index (χ4v) is 2.51. The summed E-state index contributed by atoms with van der Waals surface area (Å²) in [5, 5.41) is 4.28. The van der Waals surface area contributed by atoms with Crippen LogP contribution in [0.4, 0.5) is 0 Å². The molecule has 0 fully saturated rings. The van der Waals surface area contributed by atoms with Crippen LogP contribution in [0.5, 0.6) is 17.4 Å². The first kappa shape index (κ1) is 14.8. The monoisotopic (exact) mass is 355 g/mol. The molecule has 0 saturated heterocycles. The van der Waals surface area contributed by atoms with Gasteiger partial charge in [-0.15, -0.1) is 0 Å². The minimum atomic E-state index is 0.259. The maximum absolute atomic E-state index is 5.88. The van der Waals surface area contributed by atoms with E-state index >= 15 is 0 Å². The van der Waals surface area contributed by atoms with Crippen LogP contribution in [0, 0.1) is 6.92 Å². The first-order chi connectivity index (χ1) is 9.43. The van der Waals surface area contributed by atoms with Crippen LogP contribution in [0.25, 0.3) is 0 Å². The number of benzene rings is 1. The van der Waals surface area contributed by atoms with Gasteiger partial charge in [0.15, 0.2) is 0 Å². The van der Waals surface area contributed by atoms with Crippen LogP contribution in [0.15, 0.2) is 22.7 Å². The average molecular weight is 356 g/mol. The molecule has 1 aromatic carbocycles. The summed E-state index contributed by atoms with van der Waals surface area (Å²) in [6, 6.07) is 5.43. The maximum Gasteiger partial charge on any atom is 0.228 e. The van der Waals surface area contributed by atoms with Crippen molar-refractivity contribution in [3.8, 4) is 17.4 Å². The highest BCUT2D eigenvalue weighted by Crippen LogP contribution is 2.34. The Labute approximate surface area is 130 Å². The van der Waals surface area contributed by atoms with Gasteiger partial charge in [0.2, 0.25) is 5.88 Å². The van der Waals surface area contributed by atoms with Gasteiger partial charge in [0.1, 0.15) is 16.5 Å². The molecule has 0 spiro atoms. The summed E-state index contributed by atoms with van der Waals surface area (Å²) >= 11 is 8.49. The Hall–Kier alpha value is -1.60. The number of hydrogen-bond donors (Lipinski definition) is 1. The van der Waals surface area contributed by atoms with E-state index in [9.17, 15) is 0 Å². The number of halogens is 1. The SMILES string of the molecule is COc1ccc(Oc2c(C(N)=S)c(C)nn2C)c(Br)c1. The number of rotatable bonds is 4.